The second kappa shape index (κ2) is 8.71. The summed E-state index contributed by atoms with van der Waals surface area (Å²) in [5.74, 6) is 0.896. The minimum atomic E-state index is -0.197. The lowest BCUT2D eigenvalue weighted by Gasteiger charge is -2.08. The van der Waals surface area contributed by atoms with Gasteiger partial charge < -0.3 is 15.0 Å². The van der Waals surface area contributed by atoms with Crippen LogP contribution in [0.4, 0.5) is 11.5 Å². The third kappa shape index (κ3) is 4.58. The van der Waals surface area contributed by atoms with Gasteiger partial charge in [0, 0.05) is 41.3 Å². The lowest BCUT2D eigenvalue weighted by Crippen LogP contribution is -2.16. The fourth-order valence-corrected chi connectivity index (χ4v) is 4.78. The SMILES string of the molecule is N#Cc1ccc(Cl)cc1[C@H]1C[C@@H]1C(=O)Nc1cc(NCc2cn3cc(C4CC4)ccc3n2)ccn1. The van der Waals surface area contributed by atoms with Crippen LogP contribution in [-0.2, 0) is 11.3 Å². The van der Waals surface area contributed by atoms with Crippen molar-refractivity contribution in [3.63, 3.8) is 0 Å². The number of fused-ring (bicyclic) bond motifs is 1. The van der Waals surface area contributed by atoms with Crippen molar-refractivity contribution in [2.45, 2.75) is 37.6 Å². The van der Waals surface area contributed by atoms with Crippen LogP contribution < -0.4 is 10.6 Å². The minimum Gasteiger partial charge on any atom is -0.379 e. The molecule has 174 valence electrons. The molecule has 3 aromatic heterocycles. The van der Waals surface area contributed by atoms with Gasteiger partial charge in [-0.15, -0.1) is 0 Å². The van der Waals surface area contributed by atoms with Gasteiger partial charge in [0.05, 0.1) is 23.9 Å². The molecule has 0 bridgehead atoms. The van der Waals surface area contributed by atoms with Crippen LogP contribution in [-0.4, -0.2) is 20.3 Å². The summed E-state index contributed by atoms with van der Waals surface area (Å²) >= 11 is 6.11. The summed E-state index contributed by atoms with van der Waals surface area (Å²) in [6.07, 6.45) is 9.14. The molecule has 2 atom stereocenters. The number of carbonyl (C=O) groups excluding carboxylic acids is 1. The predicted molar refractivity (Wildman–Crippen MR) is 134 cm³/mol. The zero-order valence-corrected chi connectivity index (χ0v) is 19.7. The molecule has 8 heteroatoms. The fraction of sp³-hybridized carbons (Fsp3) is 0.259. The number of amides is 1. The van der Waals surface area contributed by atoms with Crippen LogP contribution in [0.5, 0.6) is 0 Å². The van der Waals surface area contributed by atoms with E-state index in [0.29, 0.717) is 35.3 Å². The molecule has 2 aliphatic carbocycles. The minimum absolute atomic E-state index is 0.000126. The second-order valence-corrected chi connectivity index (χ2v) is 9.74. The number of hydrogen-bond donors (Lipinski definition) is 2. The van der Waals surface area contributed by atoms with E-state index in [1.165, 1.54) is 18.4 Å². The molecule has 4 aromatic rings. The molecule has 35 heavy (non-hydrogen) atoms. The highest BCUT2D eigenvalue weighted by molar-refractivity contribution is 6.30. The van der Waals surface area contributed by atoms with E-state index < -0.39 is 0 Å². The summed E-state index contributed by atoms with van der Waals surface area (Å²) < 4.78 is 2.09. The van der Waals surface area contributed by atoms with E-state index in [-0.39, 0.29) is 17.7 Å². The van der Waals surface area contributed by atoms with Gasteiger partial charge in [0.1, 0.15) is 11.5 Å². The number of carbonyl (C=O) groups is 1. The summed E-state index contributed by atoms with van der Waals surface area (Å²) in [5, 5.41) is 16.2. The molecule has 0 aliphatic heterocycles. The monoisotopic (exact) mass is 482 g/mol. The highest BCUT2D eigenvalue weighted by Gasteiger charge is 2.45. The summed E-state index contributed by atoms with van der Waals surface area (Å²) in [4.78, 5) is 21.8. The van der Waals surface area contributed by atoms with Gasteiger partial charge >= 0.3 is 0 Å². The Bertz CT molecular complexity index is 1480. The number of benzene rings is 1. The summed E-state index contributed by atoms with van der Waals surface area (Å²) in [6, 6.07) is 15.3. The van der Waals surface area contributed by atoms with Gasteiger partial charge in [-0.3, -0.25) is 4.79 Å². The first kappa shape index (κ1) is 21.6. The maximum Gasteiger partial charge on any atom is 0.229 e. The van der Waals surface area contributed by atoms with Gasteiger partial charge in [0.2, 0.25) is 5.91 Å². The summed E-state index contributed by atoms with van der Waals surface area (Å²) in [6.45, 7) is 0.564. The number of nitrogens with zero attached hydrogens (tertiary/aromatic N) is 4. The van der Waals surface area contributed by atoms with E-state index >= 15 is 0 Å². The quantitative estimate of drug-likeness (QED) is 0.363. The molecule has 2 aliphatic rings. The Morgan fingerprint density at radius 3 is 2.89 bits per heavy atom. The number of nitriles is 1. The van der Waals surface area contributed by atoms with Crippen molar-refractivity contribution in [2.75, 3.05) is 10.6 Å². The maximum atomic E-state index is 12.8. The number of pyridine rings is 2. The molecule has 1 aromatic carbocycles. The van der Waals surface area contributed by atoms with Gasteiger partial charge in [0.25, 0.3) is 0 Å². The van der Waals surface area contributed by atoms with Crippen molar-refractivity contribution in [1.82, 2.24) is 14.4 Å². The first-order chi connectivity index (χ1) is 17.1. The smallest absolute Gasteiger partial charge is 0.229 e. The molecule has 0 saturated heterocycles. The van der Waals surface area contributed by atoms with Crippen molar-refractivity contribution in [3.8, 4) is 6.07 Å². The Balaban J connectivity index is 1.09. The van der Waals surface area contributed by atoms with Gasteiger partial charge in [-0.25, -0.2) is 9.97 Å². The normalized spacial score (nSPS) is 18.7. The van der Waals surface area contributed by atoms with Crippen molar-refractivity contribution >= 4 is 34.7 Å². The predicted octanol–water partition coefficient (Wildman–Crippen LogP) is 5.49. The van der Waals surface area contributed by atoms with Crippen molar-refractivity contribution in [1.29, 1.82) is 5.26 Å². The van der Waals surface area contributed by atoms with Crippen LogP contribution in [0.15, 0.2) is 61.1 Å². The number of imidazole rings is 1. The van der Waals surface area contributed by atoms with E-state index in [1.54, 1.807) is 24.4 Å². The number of anilines is 2. The van der Waals surface area contributed by atoms with E-state index in [1.807, 2.05) is 12.1 Å². The third-order valence-electron chi connectivity index (χ3n) is 6.72. The van der Waals surface area contributed by atoms with Crippen molar-refractivity contribution in [3.05, 3.63) is 88.5 Å². The summed E-state index contributed by atoms with van der Waals surface area (Å²) in [7, 11) is 0. The Morgan fingerprint density at radius 2 is 2.06 bits per heavy atom. The van der Waals surface area contributed by atoms with Gasteiger partial charge in [-0.05, 0) is 72.6 Å². The molecule has 2 N–H and O–H groups in total. The molecule has 0 spiro atoms. The topological polar surface area (TPSA) is 95.1 Å². The molecular formula is C27H23ClN6O. The van der Waals surface area contributed by atoms with Gasteiger partial charge in [-0.1, -0.05) is 17.7 Å². The highest BCUT2D eigenvalue weighted by Crippen LogP contribution is 2.49. The third-order valence-corrected chi connectivity index (χ3v) is 6.95. The van der Waals surface area contributed by atoms with Crippen LogP contribution >= 0.6 is 11.6 Å². The molecule has 1 amide bonds. The molecule has 2 saturated carbocycles. The standard InChI is InChI=1S/C27H23ClN6O/c28-19-5-3-17(12-29)22(9-19)23-11-24(23)27(35)33-25-10-20(7-8-30-25)31-13-21-15-34-14-18(16-1-2-16)4-6-26(34)32-21/h3-10,14-16,23-24H,1-2,11,13H2,(H2,30,31,33,35)/t23-,24+/m1/s1. The highest BCUT2D eigenvalue weighted by atomic mass is 35.5. The van der Waals surface area contributed by atoms with Crippen molar-refractivity contribution in [2.24, 2.45) is 5.92 Å². The van der Waals surface area contributed by atoms with Gasteiger partial charge in [0.15, 0.2) is 0 Å². The largest absolute Gasteiger partial charge is 0.379 e. The van der Waals surface area contributed by atoms with Crippen molar-refractivity contribution < 1.29 is 4.79 Å². The number of nitrogens with one attached hydrogen (secondary N) is 2. The summed E-state index contributed by atoms with van der Waals surface area (Å²) in [5.41, 5.74) is 5.50. The molecule has 7 nitrogen and oxygen atoms in total. The Morgan fingerprint density at radius 1 is 1.17 bits per heavy atom. The fourth-order valence-electron chi connectivity index (χ4n) is 4.60. The molecule has 2 fully saturated rings. The lowest BCUT2D eigenvalue weighted by molar-refractivity contribution is -0.117. The Labute approximate surface area is 207 Å². The number of rotatable bonds is 7. The van der Waals surface area contributed by atoms with Crippen LogP contribution in [0.1, 0.15) is 53.5 Å². The molecular weight excluding hydrogens is 460 g/mol. The van der Waals surface area contributed by atoms with E-state index in [0.717, 1.165) is 22.6 Å². The maximum absolute atomic E-state index is 12.8. The average molecular weight is 483 g/mol. The van der Waals surface area contributed by atoms with E-state index in [2.05, 4.69) is 50.6 Å². The first-order valence-corrected chi connectivity index (χ1v) is 12.1. The Kier molecular flexibility index (Phi) is 5.39. The number of aromatic nitrogens is 3. The van der Waals surface area contributed by atoms with Crippen LogP contribution in [0.3, 0.4) is 0 Å². The molecule has 0 radical (unpaired) electrons. The van der Waals surface area contributed by atoms with Gasteiger partial charge in [-0.2, -0.15) is 5.26 Å². The zero-order chi connectivity index (χ0) is 23.9. The van der Waals surface area contributed by atoms with E-state index in [9.17, 15) is 10.1 Å². The van der Waals surface area contributed by atoms with Crippen LogP contribution in [0, 0.1) is 17.2 Å². The lowest BCUT2D eigenvalue weighted by atomic mass is 10.0. The van der Waals surface area contributed by atoms with Crippen LogP contribution in [0.2, 0.25) is 5.02 Å². The number of hydrogen-bond acceptors (Lipinski definition) is 5. The second-order valence-electron chi connectivity index (χ2n) is 9.30. The molecule has 0 unspecified atom stereocenters. The molecule has 6 rings (SSSR count). The average Bonchev–Trinajstić information content (AvgIpc) is 3.79. The molecule has 3 heterocycles. The zero-order valence-electron chi connectivity index (χ0n) is 18.9. The number of halogens is 1. The van der Waals surface area contributed by atoms with E-state index in [4.69, 9.17) is 16.6 Å². The van der Waals surface area contributed by atoms with Crippen LogP contribution in [0.25, 0.3) is 5.65 Å². The first-order valence-electron chi connectivity index (χ1n) is 11.8. The Hall–Kier alpha value is -3.89.